The normalized spacial score (nSPS) is 12.3. The van der Waals surface area contributed by atoms with E-state index in [-0.39, 0.29) is 61.2 Å². The number of carbonyl (C=O) groups excluding carboxylic acids is 3. The molecular formula is C59H98O7Si. The van der Waals surface area contributed by atoms with Gasteiger partial charge in [0.1, 0.15) is 19.8 Å². The molecule has 8 heteroatoms. The Balaban J connectivity index is 2.47. The van der Waals surface area contributed by atoms with Crippen LogP contribution in [0.1, 0.15) is 222 Å². The van der Waals surface area contributed by atoms with Crippen LogP contribution in [0, 0.1) is 17.3 Å². The molecule has 2 aromatic carbocycles. The van der Waals surface area contributed by atoms with Gasteiger partial charge in [0.25, 0.3) is 8.32 Å². The lowest BCUT2D eigenvalue weighted by molar-refractivity contribution is -0.165. The summed E-state index contributed by atoms with van der Waals surface area (Å²) < 4.78 is 26.4. The molecule has 0 heterocycles. The molecule has 0 spiro atoms. The minimum Gasteiger partial charge on any atom is -0.465 e. The lowest BCUT2D eigenvalue weighted by atomic mass is 9.91. The molecule has 0 atom stereocenters. The molecule has 380 valence electrons. The Morgan fingerprint density at radius 3 is 1.25 bits per heavy atom. The number of esters is 3. The molecule has 2 rings (SSSR count). The van der Waals surface area contributed by atoms with E-state index in [0.717, 1.165) is 126 Å². The van der Waals surface area contributed by atoms with Gasteiger partial charge in [-0.05, 0) is 85.0 Å². The van der Waals surface area contributed by atoms with E-state index in [0.29, 0.717) is 19.3 Å². The van der Waals surface area contributed by atoms with Gasteiger partial charge in [-0.2, -0.15) is 0 Å². The zero-order chi connectivity index (χ0) is 49.1. The van der Waals surface area contributed by atoms with Crippen LogP contribution in [0.3, 0.4) is 0 Å². The SMILES string of the molecule is CCCCCC/C=C\CCCCCCCC(=O)OCC(COC(=O)CC(CCCC)CCCC)(COC(=O)CC(CCCC)CCCC)CO[Si](c1ccccc1)(c1ccccc1)C(C)(C)C. The monoisotopic (exact) mass is 947 g/mol. The molecular weight excluding hydrogens is 849 g/mol. The maximum atomic E-state index is 13.9. The second-order valence-corrected chi connectivity index (χ2v) is 25.1. The van der Waals surface area contributed by atoms with Crippen LogP contribution in [-0.4, -0.2) is 52.7 Å². The topological polar surface area (TPSA) is 88.1 Å². The Bertz CT molecular complexity index is 1490. The Labute approximate surface area is 411 Å². The molecule has 0 saturated carbocycles. The smallest absolute Gasteiger partial charge is 0.306 e. The van der Waals surface area contributed by atoms with E-state index in [4.69, 9.17) is 18.6 Å². The quantitative estimate of drug-likeness (QED) is 0.0216. The predicted molar refractivity (Wildman–Crippen MR) is 283 cm³/mol. The molecule has 0 bridgehead atoms. The van der Waals surface area contributed by atoms with Crippen molar-refractivity contribution in [3.8, 4) is 0 Å². The molecule has 0 aliphatic carbocycles. The van der Waals surface area contributed by atoms with Crippen molar-refractivity contribution in [1.82, 2.24) is 0 Å². The van der Waals surface area contributed by atoms with Crippen molar-refractivity contribution < 1.29 is 33.0 Å². The summed E-state index contributed by atoms with van der Waals surface area (Å²) >= 11 is 0. The van der Waals surface area contributed by atoms with Crippen LogP contribution in [0.4, 0.5) is 0 Å². The van der Waals surface area contributed by atoms with Crippen LogP contribution < -0.4 is 10.4 Å². The van der Waals surface area contributed by atoms with E-state index in [2.05, 4.69) is 116 Å². The molecule has 0 aliphatic rings. The molecule has 2 aromatic rings. The molecule has 7 nitrogen and oxygen atoms in total. The fourth-order valence-corrected chi connectivity index (χ4v) is 14.0. The van der Waals surface area contributed by atoms with Crippen molar-refractivity contribution in [2.24, 2.45) is 17.3 Å². The summed E-state index contributed by atoms with van der Waals surface area (Å²) in [5, 5.41) is 1.88. The summed E-state index contributed by atoms with van der Waals surface area (Å²) in [6.07, 6.45) is 30.7. The van der Waals surface area contributed by atoms with Gasteiger partial charge >= 0.3 is 17.9 Å². The number of ether oxygens (including phenoxy) is 3. The summed E-state index contributed by atoms with van der Waals surface area (Å²) in [7, 11) is -3.12. The largest absolute Gasteiger partial charge is 0.465 e. The Morgan fingerprint density at radius 1 is 0.478 bits per heavy atom. The Morgan fingerprint density at radius 2 is 0.851 bits per heavy atom. The average Bonchev–Trinajstić information content (AvgIpc) is 3.32. The zero-order valence-corrected chi connectivity index (χ0v) is 45.2. The Kier molecular flexibility index (Phi) is 32.0. The number of benzene rings is 2. The van der Waals surface area contributed by atoms with Crippen molar-refractivity contribution in [3.63, 3.8) is 0 Å². The van der Waals surface area contributed by atoms with Crippen molar-refractivity contribution in [1.29, 1.82) is 0 Å². The average molecular weight is 948 g/mol. The van der Waals surface area contributed by atoms with Gasteiger partial charge < -0.3 is 18.6 Å². The number of hydrogen-bond acceptors (Lipinski definition) is 7. The van der Waals surface area contributed by atoms with Gasteiger partial charge in [-0.25, -0.2) is 0 Å². The molecule has 0 aromatic heterocycles. The summed E-state index contributed by atoms with van der Waals surface area (Å²) in [6.45, 7) is 17.4. The molecule has 0 radical (unpaired) electrons. The van der Waals surface area contributed by atoms with Crippen LogP contribution in [0.25, 0.3) is 0 Å². The maximum absolute atomic E-state index is 13.9. The first-order chi connectivity index (χ1) is 32.4. The zero-order valence-electron chi connectivity index (χ0n) is 44.2. The fraction of sp³-hybridized carbons (Fsp3) is 0.712. The molecule has 0 saturated heterocycles. The minimum absolute atomic E-state index is 0.0610. The lowest BCUT2D eigenvalue weighted by Crippen LogP contribution is -2.67. The minimum atomic E-state index is -3.12. The van der Waals surface area contributed by atoms with Crippen LogP contribution in [0.2, 0.25) is 5.04 Å². The van der Waals surface area contributed by atoms with Crippen LogP contribution in [0.5, 0.6) is 0 Å². The molecule has 0 fully saturated rings. The van der Waals surface area contributed by atoms with Gasteiger partial charge in [0.2, 0.25) is 0 Å². The van der Waals surface area contributed by atoms with E-state index < -0.39 is 13.7 Å². The number of unbranched alkanes of at least 4 members (excludes halogenated alkanes) is 13. The number of carbonyl (C=O) groups is 3. The van der Waals surface area contributed by atoms with Gasteiger partial charge in [0, 0.05) is 19.3 Å². The summed E-state index contributed by atoms with van der Waals surface area (Å²) in [5.41, 5.74) is -1.15. The van der Waals surface area contributed by atoms with Gasteiger partial charge in [0.15, 0.2) is 0 Å². The van der Waals surface area contributed by atoms with Crippen LogP contribution in [-0.2, 0) is 33.0 Å². The molecule has 67 heavy (non-hydrogen) atoms. The van der Waals surface area contributed by atoms with Gasteiger partial charge in [0.05, 0.1) is 12.0 Å². The fourth-order valence-electron chi connectivity index (χ4n) is 9.29. The van der Waals surface area contributed by atoms with Gasteiger partial charge in [-0.1, -0.05) is 218 Å². The van der Waals surface area contributed by atoms with E-state index in [1.165, 1.54) is 32.1 Å². The summed E-state index contributed by atoms with van der Waals surface area (Å²) in [4.78, 5) is 41.5. The molecule has 0 N–H and O–H groups in total. The third-order valence-electron chi connectivity index (χ3n) is 13.5. The first kappa shape index (κ1) is 59.9. The second kappa shape index (κ2) is 35.8. The van der Waals surface area contributed by atoms with Crippen molar-refractivity contribution in [2.45, 2.75) is 227 Å². The lowest BCUT2D eigenvalue weighted by Gasteiger charge is -2.45. The summed E-state index contributed by atoms with van der Waals surface area (Å²) in [6, 6.07) is 20.9. The number of allylic oxidation sites excluding steroid dienone is 2. The van der Waals surface area contributed by atoms with Crippen molar-refractivity contribution in [2.75, 3.05) is 26.4 Å². The van der Waals surface area contributed by atoms with E-state index >= 15 is 0 Å². The molecule has 0 amide bonds. The van der Waals surface area contributed by atoms with E-state index in [1.54, 1.807) is 0 Å². The predicted octanol–water partition coefficient (Wildman–Crippen LogP) is 15.2. The highest BCUT2D eigenvalue weighted by Gasteiger charge is 2.52. The molecule has 0 aliphatic heterocycles. The third kappa shape index (κ3) is 24.2. The first-order valence-corrected chi connectivity index (χ1v) is 29.2. The molecule has 0 unspecified atom stereocenters. The van der Waals surface area contributed by atoms with Crippen molar-refractivity contribution >= 4 is 36.6 Å². The highest BCUT2D eigenvalue weighted by atomic mass is 28.4. The van der Waals surface area contributed by atoms with Gasteiger partial charge in [-0.3, -0.25) is 14.4 Å². The second-order valence-electron chi connectivity index (χ2n) is 20.8. The van der Waals surface area contributed by atoms with Crippen molar-refractivity contribution in [3.05, 3.63) is 72.8 Å². The number of hydrogen-bond donors (Lipinski definition) is 0. The number of rotatable bonds is 40. The van der Waals surface area contributed by atoms with E-state index in [9.17, 15) is 14.4 Å². The third-order valence-corrected chi connectivity index (χ3v) is 18.5. The van der Waals surface area contributed by atoms with Crippen LogP contribution >= 0.6 is 0 Å². The highest BCUT2D eigenvalue weighted by molar-refractivity contribution is 6.99. The highest BCUT2D eigenvalue weighted by Crippen LogP contribution is 2.38. The first-order valence-electron chi connectivity index (χ1n) is 27.3. The standard InChI is InChI=1S/C59H98O7Si/c1-9-14-19-20-21-22-23-24-25-26-27-28-35-44-55(60)63-47-59(48-64-56(61)45-51(36-15-10-2)37-16-11-3,49-65-57(62)46-52(38-17-12-4)39-18-13-5)50-66-67(58(6,7)8,53-40-31-29-32-41-53)54-42-33-30-34-43-54/h22-23,29-34,40-43,51-52H,9-21,24-28,35-39,44-50H2,1-8H3/b23-22-. The Hall–Kier alpha value is -3.23. The van der Waals surface area contributed by atoms with Gasteiger partial charge in [-0.15, -0.1) is 0 Å². The van der Waals surface area contributed by atoms with E-state index in [1.807, 2.05) is 12.1 Å². The summed E-state index contributed by atoms with van der Waals surface area (Å²) in [5.74, 6) is -0.355. The van der Waals surface area contributed by atoms with Crippen LogP contribution in [0.15, 0.2) is 72.8 Å². The maximum Gasteiger partial charge on any atom is 0.306 e.